The van der Waals surface area contributed by atoms with Crippen molar-refractivity contribution in [2.45, 2.75) is 36.6 Å². The van der Waals surface area contributed by atoms with Gasteiger partial charge in [-0.3, -0.25) is 0 Å². The van der Waals surface area contributed by atoms with Crippen molar-refractivity contribution in [2.75, 3.05) is 0 Å². The molecule has 2 nitrogen and oxygen atoms in total. The summed E-state index contributed by atoms with van der Waals surface area (Å²) in [6.07, 6.45) is -5.32. The fourth-order valence-corrected chi connectivity index (χ4v) is 2.75. The first-order valence-electron chi connectivity index (χ1n) is 3.67. The van der Waals surface area contributed by atoms with E-state index in [9.17, 15) is 21.6 Å². The highest BCUT2D eigenvalue weighted by Gasteiger charge is 2.54. The first-order valence-corrected chi connectivity index (χ1v) is 5.98. The Bertz CT molecular complexity index is 291. The first-order chi connectivity index (χ1) is 5.66. The van der Waals surface area contributed by atoms with Crippen LogP contribution in [-0.4, -0.2) is 19.3 Å². The number of hydrogen-bond acceptors (Lipinski definition) is 2. The van der Waals surface area contributed by atoms with Crippen molar-refractivity contribution in [1.82, 2.24) is 0 Å². The lowest BCUT2D eigenvalue weighted by atomic mass is 10.2. The number of alkyl halides is 3. The van der Waals surface area contributed by atoms with E-state index in [-0.39, 0.29) is 12.8 Å². The van der Waals surface area contributed by atoms with Gasteiger partial charge in [0.2, 0.25) is 9.05 Å². The monoisotopic (exact) mass is 236 g/mol. The van der Waals surface area contributed by atoms with Crippen molar-refractivity contribution in [3.63, 3.8) is 0 Å². The molecule has 0 radical (unpaired) electrons. The van der Waals surface area contributed by atoms with Crippen LogP contribution in [0.15, 0.2) is 0 Å². The molecule has 1 rings (SSSR count). The maximum Gasteiger partial charge on any atom is 0.389 e. The Morgan fingerprint density at radius 3 is 2.00 bits per heavy atom. The molecule has 0 atom stereocenters. The van der Waals surface area contributed by atoms with Crippen LogP contribution in [0.1, 0.15) is 25.7 Å². The number of halogens is 4. The number of hydrogen-bond donors (Lipinski definition) is 0. The quantitative estimate of drug-likeness (QED) is 0.706. The lowest BCUT2D eigenvalue weighted by Gasteiger charge is -2.12. The SMILES string of the molecule is O=S(=O)(Cl)C1(CCC(F)(F)F)CC1. The highest BCUT2D eigenvalue weighted by Crippen LogP contribution is 2.50. The van der Waals surface area contributed by atoms with Gasteiger partial charge in [0, 0.05) is 17.1 Å². The summed E-state index contributed by atoms with van der Waals surface area (Å²) in [6, 6.07) is 0. The van der Waals surface area contributed by atoms with Crippen LogP contribution in [0, 0.1) is 0 Å². The third kappa shape index (κ3) is 2.74. The van der Waals surface area contributed by atoms with E-state index in [0.29, 0.717) is 0 Å². The summed E-state index contributed by atoms with van der Waals surface area (Å²) in [5.41, 5.74) is 0. The van der Waals surface area contributed by atoms with Crippen molar-refractivity contribution in [3.05, 3.63) is 0 Å². The van der Waals surface area contributed by atoms with Crippen LogP contribution >= 0.6 is 10.7 Å². The summed E-state index contributed by atoms with van der Waals surface area (Å²) in [7, 11) is 1.18. The Hall–Kier alpha value is 0.0300. The second-order valence-electron chi connectivity index (χ2n) is 3.24. The maximum atomic E-state index is 11.8. The Balaban J connectivity index is 2.56. The Kier molecular flexibility index (Phi) is 2.58. The van der Waals surface area contributed by atoms with Crippen molar-refractivity contribution >= 4 is 19.7 Å². The standard InChI is InChI=1S/C6H8ClF3O2S/c7-13(11,12)5(1-2-5)3-4-6(8,9)10/h1-4H2. The second kappa shape index (κ2) is 3.02. The predicted octanol–water partition coefficient (Wildman–Crippen LogP) is 2.43. The van der Waals surface area contributed by atoms with Gasteiger partial charge in [0.1, 0.15) is 0 Å². The van der Waals surface area contributed by atoms with Crippen molar-refractivity contribution in [1.29, 1.82) is 0 Å². The molecule has 0 aromatic carbocycles. The summed E-state index contributed by atoms with van der Waals surface area (Å²) in [4.78, 5) is 0. The van der Waals surface area contributed by atoms with Crippen molar-refractivity contribution in [3.8, 4) is 0 Å². The third-order valence-corrected chi connectivity index (χ3v) is 4.82. The van der Waals surface area contributed by atoms with Gasteiger partial charge < -0.3 is 0 Å². The predicted molar refractivity (Wildman–Crippen MR) is 42.0 cm³/mol. The molecule has 1 aliphatic rings. The van der Waals surface area contributed by atoms with Crippen LogP contribution < -0.4 is 0 Å². The van der Waals surface area contributed by atoms with Gasteiger partial charge in [-0.2, -0.15) is 13.2 Å². The molecule has 1 aliphatic carbocycles. The minimum Gasteiger partial charge on any atom is -0.212 e. The topological polar surface area (TPSA) is 34.1 Å². The molecule has 78 valence electrons. The smallest absolute Gasteiger partial charge is 0.212 e. The minimum absolute atomic E-state index is 0.245. The molecule has 0 spiro atoms. The molecule has 0 N–H and O–H groups in total. The van der Waals surface area contributed by atoms with Gasteiger partial charge in [-0.05, 0) is 19.3 Å². The highest BCUT2D eigenvalue weighted by molar-refractivity contribution is 8.15. The Morgan fingerprint density at radius 1 is 1.31 bits per heavy atom. The summed E-state index contributed by atoms with van der Waals surface area (Å²) in [5, 5.41) is 0. The maximum absolute atomic E-state index is 11.8. The third-order valence-electron chi connectivity index (χ3n) is 2.19. The fraction of sp³-hybridized carbons (Fsp3) is 1.00. The highest BCUT2D eigenvalue weighted by atomic mass is 35.7. The van der Waals surface area contributed by atoms with Crippen LogP contribution in [0.4, 0.5) is 13.2 Å². The van der Waals surface area contributed by atoms with Crippen LogP contribution in [0.25, 0.3) is 0 Å². The average molecular weight is 237 g/mol. The molecule has 0 aromatic rings. The largest absolute Gasteiger partial charge is 0.389 e. The zero-order valence-electron chi connectivity index (χ0n) is 6.57. The summed E-state index contributed by atoms with van der Waals surface area (Å²) in [6.45, 7) is 0. The van der Waals surface area contributed by atoms with Gasteiger partial charge in [-0.15, -0.1) is 0 Å². The van der Waals surface area contributed by atoms with E-state index >= 15 is 0 Å². The molecule has 0 aromatic heterocycles. The van der Waals surface area contributed by atoms with E-state index in [0.717, 1.165) is 0 Å². The molecule has 0 saturated heterocycles. The Morgan fingerprint density at radius 2 is 1.77 bits per heavy atom. The minimum atomic E-state index is -4.31. The molecule has 7 heteroatoms. The number of rotatable bonds is 3. The van der Waals surface area contributed by atoms with Crippen LogP contribution in [0.2, 0.25) is 0 Å². The van der Waals surface area contributed by atoms with Gasteiger partial charge in [0.15, 0.2) is 0 Å². The van der Waals surface area contributed by atoms with Crippen LogP contribution in [0.3, 0.4) is 0 Å². The molecule has 0 bridgehead atoms. The molecule has 0 unspecified atom stereocenters. The van der Waals surface area contributed by atoms with Gasteiger partial charge in [0.25, 0.3) is 0 Å². The molecule has 1 saturated carbocycles. The van der Waals surface area contributed by atoms with E-state index in [1.54, 1.807) is 0 Å². The zero-order chi connectivity index (χ0) is 10.3. The second-order valence-corrected chi connectivity index (χ2v) is 6.20. The molecule has 0 amide bonds. The summed E-state index contributed by atoms with van der Waals surface area (Å²) < 4.78 is 55.7. The average Bonchev–Trinajstić information content (AvgIpc) is 2.58. The lowest BCUT2D eigenvalue weighted by Crippen LogP contribution is -2.21. The van der Waals surface area contributed by atoms with E-state index in [2.05, 4.69) is 0 Å². The van der Waals surface area contributed by atoms with Crippen LogP contribution in [0.5, 0.6) is 0 Å². The van der Waals surface area contributed by atoms with Gasteiger partial charge >= 0.3 is 6.18 Å². The molecular formula is C6H8ClF3O2S. The van der Waals surface area contributed by atoms with Crippen molar-refractivity contribution < 1.29 is 21.6 Å². The molecular weight excluding hydrogens is 229 g/mol. The van der Waals surface area contributed by atoms with E-state index < -0.39 is 32.8 Å². The van der Waals surface area contributed by atoms with Crippen molar-refractivity contribution in [2.24, 2.45) is 0 Å². The molecule has 1 fully saturated rings. The zero-order valence-corrected chi connectivity index (χ0v) is 8.14. The lowest BCUT2D eigenvalue weighted by molar-refractivity contribution is -0.135. The van der Waals surface area contributed by atoms with E-state index in [1.165, 1.54) is 0 Å². The van der Waals surface area contributed by atoms with Gasteiger partial charge in [0.05, 0.1) is 4.75 Å². The first kappa shape index (κ1) is 11.1. The fourth-order valence-electron chi connectivity index (χ4n) is 1.12. The van der Waals surface area contributed by atoms with Gasteiger partial charge in [-0.1, -0.05) is 0 Å². The Labute approximate surface area is 78.5 Å². The molecule has 0 heterocycles. The molecule has 0 aliphatic heterocycles. The van der Waals surface area contributed by atoms with Crippen LogP contribution in [-0.2, 0) is 9.05 Å². The normalized spacial score (nSPS) is 21.5. The van der Waals surface area contributed by atoms with E-state index in [4.69, 9.17) is 10.7 Å². The molecule has 13 heavy (non-hydrogen) atoms. The van der Waals surface area contributed by atoms with E-state index in [1.807, 2.05) is 0 Å². The van der Waals surface area contributed by atoms with Gasteiger partial charge in [-0.25, -0.2) is 8.42 Å². The summed E-state index contributed by atoms with van der Waals surface area (Å²) >= 11 is 0. The summed E-state index contributed by atoms with van der Waals surface area (Å²) in [5.74, 6) is 0.